The van der Waals surface area contributed by atoms with E-state index in [9.17, 15) is 27.2 Å². The van der Waals surface area contributed by atoms with Crippen molar-refractivity contribution in [3.05, 3.63) is 35.5 Å². The zero-order valence-electron chi connectivity index (χ0n) is 27.7. The van der Waals surface area contributed by atoms with Gasteiger partial charge in [0.1, 0.15) is 5.69 Å². The van der Waals surface area contributed by atoms with Gasteiger partial charge in [0.15, 0.2) is 5.78 Å². The third-order valence-electron chi connectivity index (χ3n) is 11.7. The van der Waals surface area contributed by atoms with Crippen molar-refractivity contribution in [3.8, 4) is 0 Å². The minimum Gasteiger partial charge on any atom is -0.350 e. The summed E-state index contributed by atoms with van der Waals surface area (Å²) >= 11 is 0. The van der Waals surface area contributed by atoms with Gasteiger partial charge in [-0.25, -0.2) is 4.72 Å². The molecule has 4 fully saturated rings. The molecule has 1 aromatic carbocycles. The molecule has 258 valence electrons. The van der Waals surface area contributed by atoms with Crippen LogP contribution in [0.25, 0.3) is 10.9 Å². The van der Waals surface area contributed by atoms with E-state index in [1.54, 1.807) is 6.07 Å². The van der Waals surface area contributed by atoms with E-state index in [1.165, 1.54) is 23.6 Å². The number of aromatic amines is 1. The summed E-state index contributed by atoms with van der Waals surface area (Å²) in [6.45, 7) is 3.06. The second kappa shape index (κ2) is 14.8. The lowest BCUT2D eigenvalue weighted by atomic mass is 9.74. The molecule has 0 radical (unpaired) electrons. The lowest BCUT2D eigenvalue weighted by Crippen LogP contribution is -2.48. The first kappa shape index (κ1) is 34.1. The van der Waals surface area contributed by atoms with Crippen LogP contribution in [0.1, 0.15) is 106 Å². The summed E-state index contributed by atoms with van der Waals surface area (Å²) in [6.07, 6.45) is 12.6. The number of ketones is 1. The summed E-state index contributed by atoms with van der Waals surface area (Å²) in [4.78, 5) is 46.1. The van der Waals surface area contributed by atoms with Crippen LogP contribution in [0.15, 0.2) is 24.3 Å². The first-order valence-electron chi connectivity index (χ1n) is 18.0. The van der Waals surface area contributed by atoms with Gasteiger partial charge >= 0.3 is 10.2 Å². The number of amides is 2. The van der Waals surface area contributed by atoms with Gasteiger partial charge in [-0.05, 0) is 92.4 Å². The zero-order chi connectivity index (χ0) is 33.1. The first-order chi connectivity index (χ1) is 22.6. The molecule has 2 amide bonds. The minimum absolute atomic E-state index is 0.0262. The molecule has 6 rings (SSSR count). The fourth-order valence-corrected chi connectivity index (χ4v) is 10.1. The largest absolute Gasteiger partial charge is 0.350 e. The highest BCUT2D eigenvalue weighted by molar-refractivity contribution is 7.87. The highest BCUT2D eigenvalue weighted by Crippen LogP contribution is 2.42. The molecule has 9 nitrogen and oxygen atoms in total. The number of hydrogen-bond acceptors (Lipinski definition) is 5. The third-order valence-corrected chi connectivity index (χ3v) is 13.2. The fourth-order valence-electron chi connectivity index (χ4n) is 8.89. The number of piperidine rings is 1. The number of fused-ring (bicyclic) bond motifs is 1. The Bertz CT molecular complexity index is 1540. The highest BCUT2D eigenvalue weighted by Gasteiger charge is 2.46. The van der Waals surface area contributed by atoms with Gasteiger partial charge in [0.25, 0.3) is 5.91 Å². The smallest absolute Gasteiger partial charge is 0.304 e. The number of Topliss-reactive ketones (excluding diaryl/α,β-unsaturated/α-hetero) is 1. The van der Waals surface area contributed by atoms with Crippen LogP contribution < -0.4 is 4.72 Å². The standard InChI is InChI=1S/C36H51FN4O5S/c1-24(23-37)26-11-13-28(14-12-26)36(44)41-19-16-30(27-8-4-2-5-9-27)34(41)33(42)21-25-10-15-31-29(20-25)22-32(38-31)35(43)39-47(45,46)40-17-6-3-7-18-40/h10,15,20,22,24,26-28,30,34,38H,2-9,11-14,16-19,21,23H2,1H3,(H,39,43)/t24-,26?,28?,30+,34+/m1/s1. The summed E-state index contributed by atoms with van der Waals surface area (Å²) in [5, 5.41) is 0.721. The number of likely N-dealkylation sites (tertiary alicyclic amines) is 1. The summed E-state index contributed by atoms with van der Waals surface area (Å²) in [5.74, 6) is 0.318. The Morgan fingerprint density at radius 2 is 1.62 bits per heavy atom. The van der Waals surface area contributed by atoms with Crippen LogP contribution >= 0.6 is 0 Å². The van der Waals surface area contributed by atoms with Crippen molar-refractivity contribution < 1.29 is 27.2 Å². The lowest BCUT2D eigenvalue weighted by Gasteiger charge is -2.37. The quantitative estimate of drug-likeness (QED) is 0.324. The summed E-state index contributed by atoms with van der Waals surface area (Å²) in [6, 6.07) is 6.76. The summed E-state index contributed by atoms with van der Waals surface area (Å²) < 4.78 is 42.3. The van der Waals surface area contributed by atoms with Gasteiger partial charge in [-0.1, -0.05) is 51.5 Å². The number of rotatable bonds is 10. The molecule has 4 aliphatic rings. The van der Waals surface area contributed by atoms with Crippen molar-refractivity contribution in [2.24, 2.45) is 29.6 Å². The molecule has 3 heterocycles. The number of carbonyl (C=O) groups excluding carboxylic acids is 3. The maximum atomic E-state index is 14.2. The molecule has 0 unspecified atom stereocenters. The van der Waals surface area contributed by atoms with Gasteiger partial charge in [0.05, 0.1) is 12.7 Å². The van der Waals surface area contributed by atoms with E-state index in [0.717, 1.165) is 75.2 Å². The number of hydrogen-bond donors (Lipinski definition) is 2. The van der Waals surface area contributed by atoms with Gasteiger partial charge in [0, 0.05) is 42.9 Å². The molecule has 2 aliphatic heterocycles. The van der Waals surface area contributed by atoms with Gasteiger partial charge in [0.2, 0.25) is 5.91 Å². The van der Waals surface area contributed by atoms with Crippen molar-refractivity contribution in [1.82, 2.24) is 18.9 Å². The van der Waals surface area contributed by atoms with E-state index in [-0.39, 0.29) is 48.2 Å². The molecule has 2 saturated heterocycles. The van der Waals surface area contributed by atoms with E-state index < -0.39 is 22.2 Å². The topological polar surface area (TPSA) is 120 Å². The predicted molar refractivity (Wildman–Crippen MR) is 180 cm³/mol. The average molecular weight is 671 g/mol. The van der Waals surface area contributed by atoms with Crippen molar-refractivity contribution >= 4 is 38.7 Å². The fraction of sp³-hybridized carbons (Fsp3) is 0.694. The van der Waals surface area contributed by atoms with Crippen LogP contribution in [-0.4, -0.2) is 72.6 Å². The SMILES string of the molecule is C[C@H](CF)C1CCC(C(=O)N2CC[C@@H](C3CCCCC3)[C@H]2C(=O)Cc2ccc3[nH]c(C(=O)NS(=O)(=O)N4CCCCC4)cc3c2)CC1. The molecular formula is C36H51FN4O5S. The highest BCUT2D eigenvalue weighted by atomic mass is 32.2. The van der Waals surface area contributed by atoms with Crippen molar-refractivity contribution in [3.63, 3.8) is 0 Å². The normalized spacial score (nSPS) is 27.1. The molecule has 0 spiro atoms. The molecule has 2 saturated carbocycles. The minimum atomic E-state index is -3.92. The van der Waals surface area contributed by atoms with Crippen LogP contribution in [0.4, 0.5) is 4.39 Å². The average Bonchev–Trinajstić information content (AvgIpc) is 3.73. The maximum Gasteiger partial charge on any atom is 0.304 e. The van der Waals surface area contributed by atoms with E-state index in [1.807, 2.05) is 30.0 Å². The molecule has 47 heavy (non-hydrogen) atoms. The Morgan fingerprint density at radius 3 is 2.32 bits per heavy atom. The van der Waals surface area contributed by atoms with Crippen LogP contribution in [0.2, 0.25) is 0 Å². The number of nitrogens with zero attached hydrogens (tertiary/aromatic N) is 2. The van der Waals surface area contributed by atoms with Crippen molar-refractivity contribution in [2.45, 2.75) is 103 Å². The maximum absolute atomic E-state index is 14.2. The number of halogens is 1. The number of H-pyrrole nitrogens is 1. The van der Waals surface area contributed by atoms with Crippen LogP contribution in [0.5, 0.6) is 0 Å². The van der Waals surface area contributed by atoms with Gasteiger partial charge in [-0.15, -0.1) is 0 Å². The van der Waals surface area contributed by atoms with E-state index in [0.29, 0.717) is 37.0 Å². The molecule has 3 atom stereocenters. The Hall–Kier alpha value is -2.79. The van der Waals surface area contributed by atoms with Gasteiger partial charge < -0.3 is 9.88 Å². The second-order valence-corrected chi connectivity index (χ2v) is 16.4. The molecule has 2 N–H and O–H groups in total. The van der Waals surface area contributed by atoms with Crippen LogP contribution in [0.3, 0.4) is 0 Å². The second-order valence-electron chi connectivity index (χ2n) is 14.7. The molecule has 2 aliphatic carbocycles. The molecule has 11 heteroatoms. The lowest BCUT2D eigenvalue weighted by molar-refractivity contribution is -0.143. The number of carbonyl (C=O) groups is 3. The van der Waals surface area contributed by atoms with E-state index >= 15 is 0 Å². The third kappa shape index (κ3) is 7.61. The molecule has 1 aromatic heterocycles. The Labute approximate surface area is 278 Å². The predicted octanol–water partition coefficient (Wildman–Crippen LogP) is 5.95. The molecular weight excluding hydrogens is 619 g/mol. The monoisotopic (exact) mass is 670 g/mol. The van der Waals surface area contributed by atoms with Crippen LogP contribution in [0, 0.1) is 29.6 Å². The summed E-state index contributed by atoms with van der Waals surface area (Å²) in [7, 11) is -3.92. The van der Waals surface area contributed by atoms with Crippen molar-refractivity contribution in [1.29, 1.82) is 0 Å². The molecule has 0 bridgehead atoms. The zero-order valence-corrected chi connectivity index (χ0v) is 28.5. The Kier molecular flexibility index (Phi) is 10.7. The Morgan fingerprint density at radius 1 is 0.915 bits per heavy atom. The number of benzene rings is 1. The van der Waals surface area contributed by atoms with Gasteiger partial charge in [-0.2, -0.15) is 12.7 Å². The van der Waals surface area contributed by atoms with Crippen LogP contribution in [-0.2, 0) is 26.2 Å². The first-order valence-corrected chi connectivity index (χ1v) is 19.4. The van der Waals surface area contributed by atoms with Crippen molar-refractivity contribution in [2.75, 3.05) is 26.3 Å². The van der Waals surface area contributed by atoms with E-state index in [4.69, 9.17) is 0 Å². The molecule has 2 aromatic rings. The Balaban J connectivity index is 1.16. The van der Waals surface area contributed by atoms with Gasteiger partial charge in [-0.3, -0.25) is 18.8 Å². The number of alkyl halides is 1. The number of nitrogens with one attached hydrogen (secondary N) is 2. The summed E-state index contributed by atoms with van der Waals surface area (Å²) in [5.41, 5.74) is 1.62. The number of aromatic nitrogens is 1. The van der Waals surface area contributed by atoms with E-state index in [2.05, 4.69) is 9.71 Å².